The van der Waals surface area contributed by atoms with E-state index in [2.05, 4.69) is 26.5 Å². The average molecular weight is 463 g/mol. The van der Waals surface area contributed by atoms with Gasteiger partial charge in [-0.05, 0) is 56.7 Å². The number of pyridine rings is 1. The number of carbonyl (C=O) groups excluding carboxylic acids is 1. The summed E-state index contributed by atoms with van der Waals surface area (Å²) < 4.78 is 1.53. The molecule has 0 fully saturated rings. The van der Waals surface area contributed by atoms with E-state index in [1.807, 2.05) is 20.2 Å². The number of carbonyl (C=O) groups is 1. The van der Waals surface area contributed by atoms with Crippen LogP contribution in [0.5, 0.6) is 0 Å². The molecule has 3 rings (SSSR count). The van der Waals surface area contributed by atoms with Crippen LogP contribution >= 0.6 is 11.6 Å². The molecular weight excluding hydrogens is 440 g/mol. The number of amides is 1. The van der Waals surface area contributed by atoms with Crippen molar-refractivity contribution in [3.8, 4) is 18.0 Å². The van der Waals surface area contributed by atoms with Crippen LogP contribution in [0.1, 0.15) is 54.1 Å². The third-order valence-corrected chi connectivity index (χ3v) is 5.23. The van der Waals surface area contributed by atoms with Gasteiger partial charge in [0, 0.05) is 30.9 Å². The Hall–Kier alpha value is -3.95. The van der Waals surface area contributed by atoms with Crippen LogP contribution in [0.2, 0.25) is 5.02 Å². The van der Waals surface area contributed by atoms with Crippen LogP contribution < -0.4 is 10.2 Å². The lowest BCUT2D eigenvalue weighted by molar-refractivity contribution is 0.0937. The van der Waals surface area contributed by atoms with E-state index in [0.717, 1.165) is 0 Å². The zero-order chi connectivity index (χ0) is 24.3. The van der Waals surface area contributed by atoms with E-state index in [9.17, 15) is 10.1 Å². The van der Waals surface area contributed by atoms with Crippen LogP contribution in [0.3, 0.4) is 0 Å². The SMILES string of the molecule is CC(NC(=O)c1cc(Cl)cc(C(C)(C)C#N)c1)c1nc(N(C)C)nn1-c1ccc(C#N)cn1. The Balaban J connectivity index is 1.94. The summed E-state index contributed by atoms with van der Waals surface area (Å²) in [6.07, 6.45) is 1.45. The summed E-state index contributed by atoms with van der Waals surface area (Å²) in [5.74, 6) is 1.00. The molecule has 1 unspecified atom stereocenters. The predicted molar refractivity (Wildman–Crippen MR) is 124 cm³/mol. The van der Waals surface area contributed by atoms with Gasteiger partial charge in [-0.1, -0.05) is 11.6 Å². The summed E-state index contributed by atoms with van der Waals surface area (Å²) in [5, 5.41) is 26.2. The molecule has 1 aromatic carbocycles. The van der Waals surface area contributed by atoms with Gasteiger partial charge in [-0.3, -0.25) is 4.79 Å². The molecule has 9 nitrogen and oxygen atoms in total. The van der Waals surface area contributed by atoms with Gasteiger partial charge in [0.05, 0.1) is 23.1 Å². The number of aromatic nitrogens is 4. The molecule has 0 radical (unpaired) electrons. The van der Waals surface area contributed by atoms with E-state index in [0.29, 0.717) is 39.3 Å². The van der Waals surface area contributed by atoms with Crippen molar-refractivity contribution in [3.63, 3.8) is 0 Å². The monoisotopic (exact) mass is 462 g/mol. The first-order chi connectivity index (χ1) is 15.6. The molecule has 10 heteroatoms. The highest BCUT2D eigenvalue weighted by molar-refractivity contribution is 6.31. The number of rotatable bonds is 6. The van der Waals surface area contributed by atoms with E-state index in [1.54, 1.807) is 56.0 Å². The van der Waals surface area contributed by atoms with Crippen LogP contribution in [0, 0.1) is 22.7 Å². The van der Waals surface area contributed by atoms with Crippen molar-refractivity contribution in [2.45, 2.75) is 32.2 Å². The molecule has 1 atom stereocenters. The summed E-state index contributed by atoms with van der Waals surface area (Å²) >= 11 is 6.23. The fraction of sp³-hybridized carbons (Fsp3) is 0.304. The Morgan fingerprint density at radius 1 is 1.24 bits per heavy atom. The van der Waals surface area contributed by atoms with Crippen molar-refractivity contribution in [2.24, 2.45) is 0 Å². The molecule has 0 saturated heterocycles. The van der Waals surface area contributed by atoms with Crippen LogP contribution in [-0.2, 0) is 5.41 Å². The van der Waals surface area contributed by atoms with Crippen molar-refractivity contribution in [1.82, 2.24) is 25.1 Å². The van der Waals surface area contributed by atoms with Crippen LogP contribution in [0.4, 0.5) is 5.95 Å². The van der Waals surface area contributed by atoms with Crippen molar-refractivity contribution >= 4 is 23.5 Å². The quantitative estimate of drug-likeness (QED) is 0.594. The zero-order valence-electron chi connectivity index (χ0n) is 19.0. The van der Waals surface area contributed by atoms with Crippen LogP contribution in [0.15, 0.2) is 36.5 Å². The van der Waals surface area contributed by atoms with E-state index >= 15 is 0 Å². The van der Waals surface area contributed by atoms with Gasteiger partial charge in [0.1, 0.15) is 6.07 Å². The lowest BCUT2D eigenvalue weighted by Crippen LogP contribution is -2.29. The normalized spacial score (nSPS) is 11.9. The molecule has 2 heterocycles. The maximum Gasteiger partial charge on any atom is 0.251 e. The van der Waals surface area contributed by atoms with Gasteiger partial charge in [0.2, 0.25) is 5.95 Å². The molecule has 1 amide bonds. The minimum atomic E-state index is -0.798. The first-order valence-corrected chi connectivity index (χ1v) is 10.5. The molecule has 0 bridgehead atoms. The molecule has 0 aliphatic rings. The maximum atomic E-state index is 13.0. The van der Waals surface area contributed by atoms with Crippen molar-refractivity contribution in [3.05, 3.63) is 64.1 Å². The van der Waals surface area contributed by atoms with Gasteiger partial charge < -0.3 is 10.2 Å². The minimum Gasteiger partial charge on any atom is -0.346 e. The molecule has 2 aromatic heterocycles. The first kappa shape index (κ1) is 23.7. The Kier molecular flexibility index (Phi) is 6.66. The molecule has 168 valence electrons. The zero-order valence-corrected chi connectivity index (χ0v) is 19.7. The molecule has 0 aliphatic carbocycles. The highest BCUT2D eigenvalue weighted by Crippen LogP contribution is 2.27. The summed E-state index contributed by atoms with van der Waals surface area (Å²) in [5.41, 5.74) is 0.609. The Bertz CT molecular complexity index is 1270. The Morgan fingerprint density at radius 3 is 2.55 bits per heavy atom. The molecule has 33 heavy (non-hydrogen) atoms. The van der Waals surface area contributed by atoms with Gasteiger partial charge in [-0.15, -0.1) is 5.10 Å². The van der Waals surface area contributed by atoms with Gasteiger partial charge in [-0.2, -0.15) is 20.2 Å². The molecule has 1 N–H and O–H groups in total. The summed E-state index contributed by atoms with van der Waals surface area (Å²) in [7, 11) is 3.62. The summed E-state index contributed by atoms with van der Waals surface area (Å²) in [4.78, 5) is 23.6. The van der Waals surface area contributed by atoms with Crippen molar-refractivity contribution in [2.75, 3.05) is 19.0 Å². The molecule has 0 saturated carbocycles. The third kappa shape index (κ3) is 5.11. The maximum absolute atomic E-state index is 13.0. The highest BCUT2D eigenvalue weighted by Gasteiger charge is 2.24. The fourth-order valence-electron chi connectivity index (χ4n) is 3.02. The number of anilines is 1. The standard InChI is InChI=1S/C23H23ClN8O/c1-14(28-21(33)16-8-17(10-18(24)9-16)23(2,3)13-26)20-29-22(31(4)5)30-32(20)19-7-6-15(11-25)12-27-19/h6-10,12,14H,1-5H3,(H,28,33). The number of halogens is 1. The second-order valence-corrected chi connectivity index (χ2v) is 8.69. The lowest BCUT2D eigenvalue weighted by Gasteiger charge is -2.18. The number of nitrogens with one attached hydrogen (secondary N) is 1. The second-order valence-electron chi connectivity index (χ2n) is 8.25. The van der Waals surface area contributed by atoms with Gasteiger partial charge in [0.15, 0.2) is 11.6 Å². The smallest absolute Gasteiger partial charge is 0.251 e. The Morgan fingerprint density at radius 2 is 1.97 bits per heavy atom. The minimum absolute atomic E-state index is 0.336. The van der Waals surface area contributed by atoms with Gasteiger partial charge >= 0.3 is 0 Å². The molecule has 0 spiro atoms. The number of nitriles is 2. The van der Waals surface area contributed by atoms with E-state index in [-0.39, 0.29) is 5.91 Å². The van der Waals surface area contributed by atoms with Gasteiger partial charge in [-0.25, -0.2) is 4.98 Å². The van der Waals surface area contributed by atoms with Crippen LogP contribution in [-0.4, -0.2) is 39.8 Å². The highest BCUT2D eigenvalue weighted by atomic mass is 35.5. The van der Waals surface area contributed by atoms with Crippen molar-refractivity contribution in [1.29, 1.82) is 10.5 Å². The number of hydrogen-bond donors (Lipinski definition) is 1. The molecular formula is C23H23ClN8O. The topological polar surface area (TPSA) is 124 Å². The summed E-state index contributed by atoms with van der Waals surface area (Å²) in [6, 6.07) is 11.9. The molecule has 3 aromatic rings. The predicted octanol–water partition coefficient (Wildman–Crippen LogP) is 3.55. The Labute approximate surface area is 197 Å². The number of benzene rings is 1. The lowest BCUT2D eigenvalue weighted by atomic mass is 9.85. The largest absolute Gasteiger partial charge is 0.346 e. The van der Waals surface area contributed by atoms with E-state index in [4.69, 9.17) is 16.9 Å². The van der Waals surface area contributed by atoms with E-state index in [1.165, 1.54) is 10.9 Å². The van der Waals surface area contributed by atoms with Crippen molar-refractivity contribution < 1.29 is 4.79 Å². The van der Waals surface area contributed by atoms with E-state index < -0.39 is 11.5 Å². The third-order valence-electron chi connectivity index (χ3n) is 5.01. The van der Waals surface area contributed by atoms with Crippen LogP contribution in [0.25, 0.3) is 5.82 Å². The fourth-order valence-corrected chi connectivity index (χ4v) is 3.25. The first-order valence-electron chi connectivity index (χ1n) is 10.1. The second kappa shape index (κ2) is 9.27. The van der Waals surface area contributed by atoms with Gasteiger partial charge in [0.25, 0.3) is 5.91 Å². The average Bonchev–Trinajstić information content (AvgIpc) is 3.24. The summed E-state index contributed by atoms with van der Waals surface area (Å²) in [6.45, 7) is 5.31. The number of nitrogens with zero attached hydrogens (tertiary/aromatic N) is 7. The molecule has 0 aliphatic heterocycles. The number of hydrogen-bond acceptors (Lipinski definition) is 7.